The van der Waals surface area contributed by atoms with Crippen LogP contribution in [0, 0.1) is 17.3 Å². The van der Waals surface area contributed by atoms with Crippen molar-refractivity contribution < 1.29 is 9.90 Å². The molecule has 35 heavy (non-hydrogen) atoms. The number of carbonyl (C=O) groups excluding carboxylic acids is 1. The van der Waals surface area contributed by atoms with Gasteiger partial charge >= 0.3 is 0 Å². The Bertz CT molecular complexity index is 1270. The predicted molar refractivity (Wildman–Crippen MR) is 135 cm³/mol. The molecule has 1 fully saturated rings. The number of amides is 1. The number of hydrogen-bond donors (Lipinski definition) is 3. The quantitative estimate of drug-likeness (QED) is 0.510. The molecule has 1 atom stereocenters. The van der Waals surface area contributed by atoms with Crippen LogP contribution in [-0.2, 0) is 13.0 Å². The largest absolute Gasteiger partial charge is 0.390 e. The summed E-state index contributed by atoms with van der Waals surface area (Å²) in [7, 11) is 0. The zero-order chi connectivity index (χ0) is 24.3. The van der Waals surface area contributed by atoms with E-state index in [1.807, 2.05) is 18.2 Å². The van der Waals surface area contributed by atoms with Crippen molar-refractivity contribution >= 4 is 11.7 Å². The Morgan fingerprint density at radius 3 is 2.63 bits per heavy atom. The number of nitrogens with one attached hydrogen (secondary N) is 1. The SMILES string of the molecule is N[C@@H]1c2ccccc2CC12CCN(c1ncc(C#CCNC(=O)c3ccccc3)nc1CO)CC2. The summed E-state index contributed by atoms with van der Waals surface area (Å²) in [6.45, 7) is 1.62. The number of aliphatic hydroxyl groups excluding tert-OH is 1. The van der Waals surface area contributed by atoms with Gasteiger partial charge in [-0.2, -0.15) is 0 Å². The summed E-state index contributed by atoms with van der Waals surface area (Å²) in [6.07, 6.45) is 4.59. The third-order valence-corrected chi connectivity index (χ3v) is 7.21. The number of nitrogens with two attached hydrogens (primary N) is 1. The Hall–Kier alpha value is -3.73. The summed E-state index contributed by atoms with van der Waals surface area (Å²) in [5.41, 5.74) is 11.0. The van der Waals surface area contributed by atoms with E-state index < -0.39 is 0 Å². The van der Waals surface area contributed by atoms with Crippen LogP contribution in [0.3, 0.4) is 0 Å². The van der Waals surface area contributed by atoms with E-state index in [4.69, 9.17) is 5.73 Å². The van der Waals surface area contributed by atoms with Crippen molar-refractivity contribution in [3.05, 3.63) is 88.9 Å². The number of anilines is 1. The normalized spacial score (nSPS) is 18.0. The van der Waals surface area contributed by atoms with E-state index >= 15 is 0 Å². The number of aliphatic hydroxyl groups is 1. The monoisotopic (exact) mass is 467 g/mol. The van der Waals surface area contributed by atoms with E-state index in [2.05, 4.69) is 56.3 Å². The summed E-state index contributed by atoms with van der Waals surface area (Å²) in [6, 6.07) is 17.6. The van der Waals surface area contributed by atoms with Gasteiger partial charge in [0.05, 0.1) is 19.3 Å². The Kier molecular flexibility index (Phi) is 6.49. The maximum Gasteiger partial charge on any atom is 0.252 e. The number of hydrogen-bond acceptors (Lipinski definition) is 6. The number of rotatable bonds is 4. The van der Waals surface area contributed by atoms with Gasteiger partial charge in [-0.3, -0.25) is 4.79 Å². The molecular weight excluding hydrogens is 438 g/mol. The van der Waals surface area contributed by atoms with Crippen molar-refractivity contribution in [3.8, 4) is 11.8 Å². The molecule has 1 spiro atoms. The number of benzene rings is 2. The summed E-state index contributed by atoms with van der Waals surface area (Å²) in [5, 5.41) is 12.7. The van der Waals surface area contributed by atoms with Crippen LogP contribution in [0.5, 0.6) is 0 Å². The van der Waals surface area contributed by atoms with Gasteiger partial charge in [-0.15, -0.1) is 0 Å². The molecule has 0 saturated carbocycles. The average molecular weight is 468 g/mol. The summed E-state index contributed by atoms with van der Waals surface area (Å²) in [4.78, 5) is 23.4. The first kappa shape index (κ1) is 23.0. The highest BCUT2D eigenvalue weighted by Crippen LogP contribution is 2.50. The summed E-state index contributed by atoms with van der Waals surface area (Å²) < 4.78 is 0. The van der Waals surface area contributed by atoms with Crippen molar-refractivity contribution in [2.45, 2.75) is 31.9 Å². The Morgan fingerprint density at radius 1 is 1.14 bits per heavy atom. The minimum atomic E-state index is -0.213. The van der Waals surface area contributed by atoms with Gasteiger partial charge in [0.25, 0.3) is 5.91 Å². The van der Waals surface area contributed by atoms with Gasteiger partial charge in [0, 0.05) is 24.7 Å². The van der Waals surface area contributed by atoms with E-state index in [-0.39, 0.29) is 30.5 Å². The van der Waals surface area contributed by atoms with Gasteiger partial charge in [-0.25, -0.2) is 9.97 Å². The molecular formula is C28H29N5O2. The van der Waals surface area contributed by atoms with Crippen molar-refractivity contribution in [2.75, 3.05) is 24.5 Å². The lowest BCUT2D eigenvalue weighted by molar-refractivity contribution is 0.0958. The van der Waals surface area contributed by atoms with Crippen LogP contribution >= 0.6 is 0 Å². The molecule has 1 aliphatic carbocycles. The van der Waals surface area contributed by atoms with Gasteiger partial charge in [-0.05, 0) is 53.9 Å². The van der Waals surface area contributed by atoms with Crippen molar-refractivity contribution in [2.24, 2.45) is 11.1 Å². The van der Waals surface area contributed by atoms with Crippen molar-refractivity contribution in [3.63, 3.8) is 0 Å². The van der Waals surface area contributed by atoms with E-state index in [0.717, 1.165) is 32.4 Å². The molecule has 7 nitrogen and oxygen atoms in total. The molecule has 0 bridgehead atoms. The third kappa shape index (κ3) is 4.63. The first-order valence-corrected chi connectivity index (χ1v) is 12.0. The van der Waals surface area contributed by atoms with E-state index in [9.17, 15) is 9.90 Å². The smallest absolute Gasteiger partial charge is 0.252 e. The highest BCUT2D eigenvalue weighted by Gasteiger charge is 2.46. The maximum atomic E-state index is 12.1. The molecule has 178 valence electrons. The molecule has 1 aromatic heterocycles. The standard InChI is InChI=1S/C28H29N5O2/c29-25-23-11-5-4-9-21(23)17-28(25)12-15-33(16-13-28)26-24(19-34)32-22(18-31-26)10-6-14-30-27(35)20-7-2-1-3-8-20/h1-5,7-9,11,18,25,34H,12-17,19,29H2,(H,30,35)/t25-/m1/s1. The number of carbonyl (C=O) groups is 1. The van der Waals surface area contributed by atoms with Crippen LogP contribution in [0.1, 0.15) is 51.8 Å². The minimum Gasteiger partial charge on any atom is -0.390 e. The molecule has 4 N–H and O–H groups in total. The highest BCUT2D eigenvalue weighted by atomic mass is 16.3. The lowest BCUT2D eigenvalue weighted by Gasteiger charge is -2.42. The molecule has 3 aromatic rings. The summed E-state index contributed by atoms with van der Waals surface area (Å²) in [5.74, 6) is 6.36. The molecule has 2 heterocycles. The fourth-order valence-corrected chi connectivity index (χ4v) is 5.27. The minimum absolute atomic E-state index is 0.0595. The van der Waals surface area contributed by atoms with Gasteiger partial charge in [0.1, 0.15) is 11.4 Å². The zero-order valence-electron chi connectivity index (χ0n) is 19.6. The fraction of sp³-hybridized carbons (Fsp3) is 0.321. The molecule has 5 rings (SSSR count). The predicted octanol–water partition coefficient (Wildman–Crippen LogP) is 2.59. The molecule has 0 radical (unpaired) electrons. The number of aromatic nitrogens is 2. The topological polar surface area (TPSA) is 104 Å². The number of fused-ring (bicyclic) bond motifs is 1. The number of piperidine rings is 1. The van der Waals surface area contributed by atoms with Gasteiger partial charge < -0.3 is 21.1 Å². The van der Waals surface area contributed by atoms with Gasteiger partial charge in [-0.1, -0.05) is 48.4 Å². The van der Waals surface area contributed by atoms with E-state index in [1.54, 1.807) is 18.3 Å². The molecule has 1 amide bonds. The van der Waals surface area contributed by atoms with Crippen LogP contribution in [0.4, 0.5) is 5.82 Å². The molecule has 7 heteroatoms. The van der Waals surface area contributed by atoms with Crippen LogP contribution in [-0.4, -0.2) is 40.6 Å². The second-order valence-electron chi connectivity index (χ2n) is 9.24. The van der Waals surface area contributed by atoms with Gasteiger partial charge in [0.15, 0.2) is 5.82 Å². The third-order valence-electron chi connectivity index (χ3n) is 7.21. The second kappa shape index (κ2) is 9.87. The van der Waals surface area contributed by atoms with Crippen LogP contribution in [0.15, 0.2) is 60.8 Å². The molecule has 0 unspecified atom stereocenters. The van der Waals surface area contributed by atoms with Crippen molar-refractivity contribution in [1.29, 1.82) is 0 Å². The Balaban J connectivity index is 1.21. The lowest BCUT2D eigenvalue weighted by atomic mass is 9.73. The fourth-order valence-electron chi connectivity index (χ4n) is 5.27. The summed E-state index contributed by atoms with van der Waals surface area (Å²) >= 11 is 0. The first-order chi connectivity index (χ1) is 17.1. The highest BCUT2D eigenvalue weighted by molar-refractivity contribution is 5.94. The van der Waals surface area contributed by atoms with E-state index in [0.29, 0.717) is 22.8 Å². The van der Waals surface area contributed by atoms with E-state index in [1.165, 1.54) is 11.1 Å². The molecule has 1 saturated heterocycles. The molecule has 1 aliphatic heterocycles. The van der Waals surface area contributed by atoms with Crippen molar-refractivity contribution in [1.82, 2.24) is 15.3 Å². The Labute approximate surface area is 205 Å². The second-order valence-corrected chi connectivity index (χ2v) is 9.24. The molecule has 2 aromatic carbocycles. The Morgan fingerprint density at radius 2 is 1.89 bits per heavy atom. The maximum absolute atomic E-state index is 12.1. The van der Waals surface area contributed by atoms with Crippen LogP contribution in [0.25, 0.3) is 0 Å². The van der Waals surface area contributed by atoms with Crippen LogP contribution in [0.2, 0.25) is 0 Å². The number of nitrogens with zero attached hydrogens (tertiary/aromatic N) is 3. The average Bonchev–Trinajstić information content (AvgIpc) is 3.18. The van der Waals surface area contributed by atoms with Crippen LogP contribution < -0.4 is 16.0 Å². The first-order valence-electron chi connectivity index (χ1n) is 12.0. The molecule has 2 aliphatic rings. The zero-order valence-corrected chi connectivity index (χ0v) is 19.6. The van der Waals surface area contributed by atoms with Gasteiger partial charge in [0.2, 0.25) is 0 Å². The lowest BCUT2D eigenvalue weighted by Crippen LogP contribution is -2.45.